The molecule has 0 aliphatic rings. The van der Waals surface area contributed by atoms with Crippen molar-refractivity contribution in [3.63, 3.8) is 0 Å². The first-order valence-corrected chi connectivity index (χ1v) is 17.8. The zero-order chi connectivity index (χ0) is 40.6. The molecule has 27 heteroatoms. The minimum atomic E-state index is -5.03. The molecule has 24 nitrogen and oxygen atoms in total. The monoisotopic (exact) mass is 808 g/mol. The van der Waals surface area contributed by atoms with E-state index < -0.39 is 92.7 Å². The number of carboxylic acids is 3. The van der Waals surface area contributed by atoms with E-state index in [1.165, 1.54) is 10.8 Å². The molecule has 1 unspecified atom stereocenters. The van der Waals surface area contributed by atoms with Gasteiger partial charge in [0.25, 0.3) is 11.8 Å². The van der Waals surface area contributed by atoms with Crippen molar-refractivity contribution in [1.82, 2.24) is 30.6 Å². The molecule has 3 amide bonds. The molecular formula is C26H36N10O14S3. The molecule has 0 fully saturated rings. The molecule has 4 atom stereocenters. The number of carbonyl (C=O) groups excluding carboxylic acids is 3. The molecule has 292 valence electrons. The molecule has 0 aromatic carbocycles. The minimum Gasteiger partial charge on any atom is -0.480 e. The first-order valence-electron chi connectivity index (χ1n) is 14.6. The lowest BCUT2D eigenvalue weighted by molar-refractivity contribution is -0.161. The predicted octanol–water partition coefficient (Wildman–Crippen LogP) is -2.03. The van der Waals surface area contributed by atoms with Crippen LogP contribution in [0.15, 0.2) is 21.1 Å². The van der Waals surface area contributed by atoms with E-state index in [0.29, 0.717) is 0 Å². The van der Waals surface area contributed by atoms with E-state index in [0.717, 1.165) is 64.2 Å². The number of nitrogens with zero attached hydrogens (tertiary/aromatic N) is 4. The number of oxime groups is 2. The Morgan fingerprint density at radius 1 is 0.755 bits per heavy atom. The van der Waals surface area contributed by atoms with Gasteiger partial charge in [-0.25, -0.2) is 24.4 Å². The summed E-state index contributed by atoms with van der Waals surface area (Å²) in [6.45, 7) is 6.55. The Labute approximate surface area is 307 Å². The van der Waals surface area contributed by atoms with Gasteiger partial charge in [-0.3, -0.25) is 18.9 Å². The molecular weight excluding hydrogens is 773 g/mol. The number of anilines is 2. The number of carboxylic acid groups (broad SMARTS) is 3. The SMILES string of the molecule is C[C@H](NC(=O)[C@@H](NC(=O)/C(=N\OC(C)(C)C(=O)O)c1csc(N)n1)[C@H](C)NS(=O)(=O)O)C(NC(=O)/C(=N\OC(C)(C)C(=O)O)c1csc(N)n1)C(=O)O. The van der Waals surface area contributed by atoms with E-state index in [2.05, 4.69) is 36.2 Å². The van der Waals surface area contributed by atoms with Crippen molar-refractivity contribution in [3.05, 3.63) is 22.1 Å². The van der Waals surface area contributed by atoms with E-state index >= 15 is 0 Å². The van der Waals surface area contributed by atoms with Crippen LogP contribution in [0, 0.1) is 0 Å². The molecule has 0 bridgehead atoms. The highest BCUT2D eigenvalue weighted by atomic mass is 32.2. The quantitative estimate of drug-likeness (QED) is 0.0415. The van der Waals surface area contributed by atoms with Gasteiger partial charge < -0.3 is 52.4 Å². The van der Waals surface area contributed by atoms with Gasteiger partial charge in [0, 0.05) is 10.8 Å². The lowest BCUT2D eigenvalue weighted by Gasteiger charge is -2.28. The van der Waals surface area contributed by atoms with E-state index in [1.807, 2.05) is 0 Å². The predicted molar refractivity (Wildman–Crippen MR) is 185 cm³/mol. The number of nitrogen functional groups attached to an aromatic ring is 2. The third kappa shape index (κ3) is 12.6. The molecule has 2 aromatic heterocycles. The van der Waals surface area contributed by atoms with Crippen LogP contribution < -0.4 is 32.1 Å². The summed E-state index contributed by atoms with van der Waals surface area (Å²) in [7, 11) is -5.03. The van der Waals surface area contributed by atoms with Crippen molar-refractivity contribution in [2.45, 2.75) is 76.9 Å². The van der Waals surface area contributed by atoms with Crippen molar-refractivity contribution in [1.29, 1.82) is 0 Å². The van der Waals surface area contributed by atoms with Gasteiger partial charge in [0.2, 0.25) is 17.1 Å². The maximum atomic E-state index is 13.6. The molecule has 0 saturated carbocycles. The first-order chi connectivity index (χ1) is 24.3. The van der Waals surface area contributed by atoms with E-state index in [-0.39, 0.29) is 21.7 Å². The number of nitrogens with one attached hydrogen (secondary N) is 4. The van der Waals surface area contributed by atoms with E-state index in [1.54, 1.807) is 4.72 Å². The third-order valence-corrected chi connectivity index (χ3v) is 8.56. The molecule has 2 aromatic rings. The smallest absolute Gasteiger partial charge is 0.350 e. The maximum Gasteiger partial charge on any atom is 0.350 e. The Kier molecular flexibility index (Phi) is 14.3. The van der Waals surface area contributed by atoms with Gasteiger partial charge >= 0.3 is 28.2 Å². The number of aliphatic carboxylic acids is 3. The Morgan fingerprint density at radius 2 is 1.15 bits per heavy atom. The van der Waals surface area contributed by atoms with Gasteiger partial charge in [-0.15, -0.1) is 22.7 Å². The van der Waals surface area contributed by atoms with Crippen LogP contribution in [-0.4, -0.2) is 121 Å². The number of rotatable bonds is 19. The normalized spacial score (nSPS) is 14.9. The highest BCUT2D eigenvalue weighted by molar-refractivity contribution is 7.83. The topological polar surface area (TPSA) is 387 Å². The van der Waals surface area contributed by atoms with E-state index in [4.69, 9.17) is 21.1 Å². The summed E-state index contributed by atoms with van der Waals surface area (Å²) in [5, 5.41) is 44.7. The van der Waals surface area contributed by atoms with Crippen molar-refractivity contribution in [2.24, 2.45) is 10.3 Å². The second-order valence-corrected chi connectivity index (χ2v) is 14.7. The van der Waals surface area contributed by atoms with Crippen LogP contribution in [-0.2, 0) is 48.7 Å². The summed E-state index contributed by atoms with van der Waals surface area (Å²) in [6, 6.07) is -7.25. The Balaban J connectivity index is 2.46. The lowest BCUT2D eigenvalue weighted by Crippen LogP contribution is -2.62. The standard InChI is InChI=1S/C26H36N10O14S3/c1-9(14(20(40)41)33-19(39)16(12-8-52-24(28)31-12)35-50-26(5,6)22(44)45)29-17(37)13(10(2)36-53(46,47)48)32-18(38)15(11-7-51-23(27)30-11)34-49-25(3,4)21(42)43/h7-10,13-14,36H,1-6H3,(H2,27,30)(H2,28,31)(H,29,37)(H,32,38)(H,33,39)(H,40,41)(H,42,43)(H,44,45)(H,46,47,48)/b34-15-,35-16-/t9-,10-,13-,14?/m0/s1. The number of hydrogen-bond acceptors (Lipinski definition) is 18. The zero-order valence-electron chi connectivity index (χ0n) is 28.5. The zero-order valence-corrected chi connectivity index (χ0v) is 31.0. The Hall–Kier alpha value is -5.51. The number of amides is 3. The molecule has 0 aliphatic carbocycles. The fourth-order valence-electron chi connectivity index (χ4n) is 3.54. The average Bonchev–Trinajstić information content (AvgIpc) is 3.64. The molecule has 0 spiro atoms. The van der Waals surface area contributed by atoms with Crippen LogP contribution >= 0.6 is 22.7 Å². The van der Waals surface area contributed by atoms with Crippen molar-refractivity contribution < 1.29 is 66.7 Å². The lowest BCUT2D eigenvalue weighted by atomic mass is 10.1. The fourth-order valence-corrected chi connectivity index (χ4v) is 5.24. The summed E-state index contributed by atoms with van der Waals surface area (Å²) in [4.78, 5) is 93.5. The third-order valence-electron chi connectivity index (χ3n) is 6.55. The second-order valence-electron chi connectivity index (χ2n) is 11.8. The molecule has 2 rings (SSSR count). The minimum absolute atomic E-state index is 0.0438. The van der Waals surface area contributed by atoms with Crippen molar-refractivity contribution in [2.75, 3.05) is 11.5 Å². The number of carbonyl (C=O) groups is 6. The average molecular weight is 809 g/mol. The number of aromatic nitrogens is 2. The van der Waals surface area contributed by atoms with Gasteiger partial charge in [-0.05, 0) is 41.5 Å². The number of hydrogen-bond donors (Lipinski definition) is 10. The number of thiazole rings is 2. The highest BCUT2D eigenvalue weighted by Crippen LogP contribution is 2.17. The van der Waals surface area contributed by atoms with Gasteiger partial charge in [0.05, 0.1) is 12.1 Å². The fraction of sp³-hybridized carbons (Fsp3) is 0.462. The molecule has 0 radical (unpaired) electrons. The molecule has 0 aliphatic heterocycles. The highest BCUT2D eigenvalue weighted by Gasteiger charge is 2.37. The van der Waals surface area contributed by atoms with E-state index in [9.17, 15) is 57.1 Å². The van der Waals surface area contributed by atoms with Gasteiger partial charge in [-0.2, -0.15) is 13.1 Å². The van der Waals surface area contributed by atoms with Crippen LogP contribution in [0.2, 0.25) is 0 Å². The molecule has 2 heterocycles. The molecule has 12 N–H and O–H groups in total. The largest absolute Gasteiger partial charge is 0.480 e. The van der Waals surface area contributed by atoms with Crippen LogP contribution in [0.25, 0.3) is 0 Å². The van der Waals surface area contributed by atoms with Gasteiger partial charge in [-0.1, -0.05) is 10.3 Å². The number of nitrogens with two attached hydrogens (primary N) is 2. The summed E-state index contributed by atoms with van der Waals surface area (Å²) in [5.74, 6) is -8.54. The van der Waals surface area contributed by atoms with Crippen LogP contribution in [0.4, 0.5) is 10.3 Å². The van der Waals surface area contributed by atoms with Crippen LogP contribution in [0.5, 0.6) is 0 Å². The first kappa shape index (κ1) is 43.7. The molecule has 53 heavy (non-hydrogen) atoms. The van der Waals surface area contributed by atoms with Crippen molar-refractivity contribution in [3.8, 4) is 0 Å². The summed E-state index contributed by atoms with van der Waals surface area (Å²) < 4.78 is 34.4. The summed E-state index contributed by atoms with van der Waals surface area (Å²) in [5.41, 5.74) is 5.44. The summed E-state index contributed by atoms with van der Waals surface area (Å²) >= 11 is 1.70. The maximum absolute atomic E-state index is 13.6. The molecule has 0 saturated heterocycles. The summed E-state index contributed by atoms with van der Waals surface area (Å²) in [6.07, 6.45) is 0. The Bertz CT molecular complexity index is 1910. The Morgan fingerprint density at radius 3 is 1.47 bits per heavy atom. The van der Waals surface area contributed by atoms with Gasteiger partial charge in [0.15, 0.2) is 21.7 Å². The second kappa shape index (κ2) is 17.3. The van der Waals surface area contributed by atoms with Crippen LogP contribution in [0.3, 0.4) is 0 Å². The van der Waals surface area contributed by atoms with Crippen LogP contribution in [0.1, 0.15) is 52.9 Å². The van der Waals surface area contributed by atoms with Gasteiger partial charge in [0.1, 0.15) is 23.5 Å². The van der Waals surface area contributed by atoms with Crippen molar-refractivity contribution >= 4 is 90.3 Å².